The molecule has 0 aromatic heterocycles. The van der Waals surface area contributed by atoms with Gasteiger partial charge in [0.25, 0.3) is 5.91 Å². The van der Waals surface area contributed by atoms with Crippen molar-refractivity contribution in [3.63, 3.8) is 0 Å². The zero-order chi connectivity index (χ0) is 22.5. The van der Waals surface area contributed by atoms with E-state index in [1.807, 2.05) is 85.8 Å². The first-order valence-electron chi connectivity index (χ1n) is 10.4. The first kappa shape index (κ1) is 21.2. The average Bonchev–Trinajstić information content (AvgIpc) is 2.83. The van der Waals surface area contributed by atoms with Gasteiger partial charge in [-0.1, -0.05) is 30.3 Å². The van der Waals surface area contributed by atoms with Gasteiger partial charge in [0.2, 0.25) is 0 Å². The Labute approximate surface area is 187 Å². The zero-order valence-corrected chi connectivity index (χ0v) is 18.3. The molecule has 0 saturated heterocycles. The molecular formula is C27H25NO4. The van der Waals surface area contributed by atoms with Gasteiger partial charge in [-0.25, -0.2) is 0 Å². The second-order valence-corrected chi connectivity index (χ2v) is 7.23. The number of methoxy groups -OCH3 is 2. The molecule has 0 aliphatic carbocycles. The predicted molar refractivity (Wildman–Crippen MR) is 128 cm³/mol. The van der Waals surface area contributed by atoms with Crippen molar-refractivity contribution < 1.29 is 19.0 Å². The van der Waals surface area contributed by atoms with Crippen molar-refractivity contribution in [2.75, 3.05) is 26.1 Å². The van der Waals surface area contributed by atoms with Crippen molar-refractivity contribution in [2.24, 2.45) is 0 Å². The van der Waals surface area contributed by atoms with Gasteiger partial charge in [-0.05, 0) is 77.4 Å². The lowest BCUT2D eigenvalue weighted by molar-refractivity contribution is 0.102. The van der Waals surface area contributed by atoms with E-state index in [-0.39, 0.29) is 5.91 Å². The third-order valence-electron chi connectivity index (χ3n) is 5.23. The number of carbonyl (C=O) groups is 1. The largest absolute Gasteiger partial charge is 0.494 e. The van der Waals surface area contributed by atoms with E-state index in [0.29, 0.717) is 23.7 Å². The van der Waals surface area contributed by atoms with Gasteiger partial charge >= 0.3 is 0 Å². The van der Waals surface area contributed by atoms with Crippen LogP contribution in [0.1, 0.15) is 17.3 Å². The van der Waals surface area contributed by atoms with E-state index < -0.39 is 0 Å². The third-order valence-corrected chi connectivity index (χ3v) is 5.23. The van der Waals surface area contributed by atoms with E-state index in [4.69, 9.17) is 14.2 Å². The second-order valence-electron chi connectivity index (χ2n) is 7.23. The number of amides is 1. The van der Waals surface area contributed by atoms with Crippen LogP contribution in [0.3, 0.4) is 0 Å². The first-order valence-corrected chi connectivity index (χ1v) is 10.4. The number of hydrogen-bond donors (Lipinski definition) is 1. The number of anilines is 1. The van der Waals surface area contributed by atoms with Crippen LogP contribution in [0.25, 0.3) is 21.9 Å². The van der Waals surface area contributed by atoms with Gasteiger partial charge in [-0.2, -0.15) is 0 Å². The Morgan fingerprint density at radius 3 is 2.19 bits per heavy atom. The fourth-order valence-electron chi connectivity index (χ4n) is 3.68. The van der Waals surface area contributed by atoms with Crippen LogP contribution in [0.2, 0.25) is 0 Å². The molecule has 1 amide bonds. The molecular weight excluding hydrogens is 402 g/mol. The van der Waals surface area contributed by atoms with Gasteiger partial charge < -0.3 is 19.5 Å². The molecule has 4 aromatic rings. The third kappa shape index (κ3) is 4.37. The number of benzene rings is 4. The topological polar surface area (TPSA) is 56.8 Å². The van der Waals surface area contributed by atoms with E-state index in [1.165, 1.54) is 0 Å². The Morgan fingerprint density at radius 2 is 1.53 bits per heavy atom. The molecule has 0 fully saturated rings. The van der Waals surface area contributed by atoms with Crippen molar-refractivity contribution in [1.82, 2.24) is 0 Å². The van der Waals surface area contributed by atoms with Crippen LogP contribution in [-0.2, 0) is 0 Å². The summed E-state index contributed by atoms with van der Waals surface area (Å²) < 4.78 is 16.6. The van der Waals surface area contributed by atoms with Gasteiger partial charge in [-0.3, -0.25) is 4.79 Å². The summed E-state index contributed by atoms with van der Waals surface area (Å²) in [6.45, 7) is 2.56. The van der Waals surface area contributed by atoms with Crippen molar-refractivity contribution in [2.45, 2.75) is 6.92 Å². The Kier molecular flexibility index (Phi) is 6.26. The summed E-state index contributed by atoms with van der Waals surface area (Å²) in [7, 11) is 3.21. The number of fused-ring (bicyclic) bond motifs is 1. The maximum absolute atomic E-state index is 13.1. The molecule has 162 valence electrons. The highest BCUT2D eigenvalue weighted by molar-refractivity contribution is 6.10. The summed E-state index contributed by atoms with van der Waals surface area (Å²) in [6, 6.07) is 24.9. The number of rotatable bonds is 7. The molecule has 5 heteroatoms. The fourth-order valence-corrected chi connectivity index (χ4v) is 3.68. The summed E-state index contributed by atoms with van der Waals surface area (Å²) in [5, 5.41) is 4.81. The smallest absolute Gasteiger partial charge is 0.255 e. The minimum absolute atomic E-state index is 0.180. The lowest BCUT2D eigenvalue weighted by atomic mass is 9.94. The van der Waals surface area contributed by atoms with Gasteiger partial charge in [-0.15, -0.1) is 0 Å². The number of ether oxygens (including phenoxy) is 3. The molecule has 0 heterocycles. The molecule has 0 aliphatic heterocycles. The van der Waals surface area contributed by atoms with Crippen molar-refractivity contribution >= 4 is 22.4 Å². The van der Waals surface area contributed by atoms with Crippen molar-refractivity contribution in [3.8, 4) is 28.4 Å². The van der Waals surface area contributed by atoms with Gasteiger partial charge in [0.1, 0.15) is 5.75 Å². The summed E-state index contributed by atoms with van der Waals surface area (Å²) >= 11 is 0. The standard InChI is InChI=1S/C27H25NO4/c1-4-32-22-12-10-18(11-13-22)23-15-20(27(29)28-21-8-6-5-7-9-21)14-19-16-25(30-2)26(31-3)17-24(19)23/h5-17H,4H2,1-3H3,(H,28,29). The molecule has 0 spiro atoms. The lowest BCUT2D eigenvalue weighted by Gasteiger charge is -2.15. The molecule has 1 N–H and O–H groups in total. The quantitative estimate of drug-likeness (QED) is 0.383. The van der Waals surface area contributed by atoms with E-state index in [9.17, 15) is 4.79 Å². The van der Waals surface area contributed by atoms with E-state index in [2.05, 4.69) is 5.32 Å². The van der Waals surface area contributed by atoms with Crippen molar-refractivity contribution in [1.29, 1.82) is 0 Å². The van der Waals surface area contributed by atoms with Crippen LogP contribution < -0.4 is 19.5 Å². The Balaban J connectivity index is 1.85. The number of hydrogen-bond acceptors (Lipinski definition) is 4. The Hall–Kier alpha value is -3.99. The molecule has 5 nitrogen and oxygen atoms in total. The van der Waals surface area contributed by atoms with Gasteiger partial charge in [0, 0.05) is 11.3 Å². The molecule has 32 heavy (non-hydrogen) atoms. The number of carbonyl (C=O) groups excluding carboxylic acids is 1. The molecule has 0 saturated carbocycles. The lowest BCUT2D eigenvalue weighted by Crippen LogP contribution is -2.12. The second kappa shape index (κ2) is 9.43. The highest BCUT2D eigenvalue weighted by Gasteiger charge is 2.15. The summed E-state index contributed by atoms with van der Waals surface area (Å²) in [6.07, 6.45) is 0. The first-order chi connectivity index (χ1) is 15.6. The minimum Gasteiger partial charge on any atom is -0.494 e. The molecule has 0 radical (unpaired) electrons. The zero-order valence-electron chi connectivity index (χ0n) is 18.3. The SMILES string of the molecule is CCOc1ccc(-c2cc(C(=O)Nc3ccccc3)cc3cc(OC)c(OC)cc23)cc1. The van der Waals surface area contributed by atoms with Crippen LogP contribution in [0.15, 0.2) is 78.9 Å². The van der Waals surface area contributed by atoms with Crippen LogP contribution in [-0.4, -0.2) is 26.7 Å². The maximum Gasteiger partial charge on any atom is 0.255 e. The number of nitrogens with one attached hydrogen (secondary N) is 1. The minimum atomic E-state index is -0.180. The van der Waals surface area contributed by atoms with E-state index in [0.717, 1.165) is 33.3 Å². The maximum atomic E-state index is 13.1. The molecule has 0 aliphatic rings. The van der Waals surface area contributed by atoms with Gasteiger partial charge in [0.05, 0.1) is 20.8 Å². The number of para-hydroxylation sites is 1. The summed E-state index contributed by atoms with van der Waals surface area (Å²) in [5.41, 5.74) is 3.19. The van der Waals surface area contributed by atoms with Crippen LogP contribution in [0, 0.1) is 0 Å². The van der Waals surface area contributed by atoms with E-state index in [1.54, 1.807) is 14.2 Å². The average molecular weight is 428 g/mol. The molecule has 4 rings (SSSR count). The van der Waals surface area contributed by atoms with Crippen molar-refractivity contribution in [3.05, 3.63) is 84.4 Å². The van der Waals surface area contributed by atoms with Crippen LogP contribution in [0.5, 0.6) is 17.2 Å². The fraction of sp³-hybridized carbons (Fsp3) is 0.148. The molecule has 4 aromatic carbocycles. The summed E-state index contributed by atoms with van der Waals surface area (Å²) in [4.78, 5) is 13.1. The molecule has 0 atom stereocenters. The summed E-state index contributed by atoms with van der Waals surface area (Å²) in [5.74, 6) is 1.87. The normalized spacial score (nSPS) is 10.6. The predicted octanol–water partition coefficient (Wildman–Crippen LogP) is 6.18. The molecule has 0 bridgehead atoms. The monoisotopic (exact) mass is 427 g/mol. The Bertz CT molecular complexity index is 1230. The van der Waals surface area contributed by atoms with E-state index >= 15 is 0 Å². The highest BCUT2D eigenvalue weighted by Crippen LogP contribution is 2.38. The molecule has 0 unspecified atom stereocenters. The van der Waals surface area contributed by atoms with Gasteiger partial charge in [0.15, 0.2) is 11.5 Å². The van der Waals surface area contributed by atoms with Crippen LogP contribution >= 0.6 is 0 Å². The highest BCUT2D eigenvalue weighted by atomic mass is 16.5. The van der Waals surface area contributed by atoms with Crippen LogP contribution in [0.4, 0.5) is 5.69 Å². The Morgan fingerprint density at radius 1 is 0.844 bits per heavy atom.